The van der Waals surface area contributed by atoms with Crippen molar-refractivity contribution in [3.63, 3.8) is 0 Å². The molecule has 0 radical (unpaired) electrons. The topological polar surface area (TPSA) is 80.3 Å². The van der Waals surface area contributed by atoms with Crippen LogP contribution in [0.3, 0.4) is 0 Å². The molecule has 36 heavy (non-hydrogen) atoms. The normalized spacial score (nSPS) is 12.3. The molecule has 0 saturated heterocycles. The van der Waals surface area contributed by atoms with Gasteiger partial charge in [0, 0.05) is 0 Å². The van der Waals surface area contributed by atoms with Crippen molar-refractivity contribution in [1.29, 1.82) is 0 Å². The van der Waals surface area contributed by atoms with E-state index < -0.39 is 17.4 Å². The smallest absolute Gasteiger partial charge is 0.338 e. The highest BCUT2D eigenvalue weighted by Gasteiger charge is 2.33. The lowest BCUT2D eigenvalue weighted by molar-refractivity contribution is -0.0526. The summed E-state index contributed by atoms with van der Waals surface area (Å²) in [6.07, 6.45) is 0.563. The quantitative estimate of drug-likeness (QED) is 0.298. The predicted molar refractivity (Wildman–Crippen MR) is 135 cm³/mol. The number of hydrogen-bond acceptors (Lipinski definition) is 7. The fraction of sp³-hybridized carbons (Fsp3) is 0.310. The number of rotatable bonds is 13. The first-order chi connectivity index (χ1) is 17.5. The van der Waals surface area contributed by atoms with Crippen molar-refractivity contribution < 1.29 is 33.3 Å². The van der Waals surface area contributed by atoms with Crippen LogP contribution in [0.25, 0.3) is 0 Å². The van der Waals surface area contributed by atoms with E-state index in [4.69, 9.17) is 23.7 Å². The van der Waals surface area contributed by atoms with Gasteiger partial charge in [-0.15, -0.1) is 0 Å². The average Bonchev–Trinajstić information content (AvgIpc) is 2.94. The van der Waals surface area contributed by atoms with E-state index in [2.05, 4.69) is 0 Å². The Morgan fingerprint density at radius 1 is 0.667 bits per heavy atom. The van der Waals surface area contributed by atoms with E-state index in [1.807, 2.05) is 37.3 Å². The van der Waals surface area contributed by atoms with Gasteiger partial charge in [-0.2, -0.15) is 0 Å². The van der Waals surface area contributed by atoms with Gasteiger partial charge in [0.15, 0.2) is 0 Å². The number of esters is 2. The minimum Gasteiger partial charge on any atom is -0.497 e. The van der Waals surface area contributed by atoms with Crippen molar-refractivity contribution in [2.75, 3.05) is 34.0 Å². The number of carbonyl (C=O) groups excluding carboxylic acids is 2. The molecular formula is C29H32O7. The molecule has 0 fully saturated rings. The molecule has 7 nitrogen and oxygen atoms in total. The van der Waals surface area contributed by atoms with E-state index in [1.165, 1.54) is 0 Å². The first kappa shape index (κ1) is 26.8. The van der Waals surface area contributed by atoms with E-state index in [-0.39, 0.29) is 19.8 Å². The van der Waals surface area contributed by atoms with E-state index in [0.717, 1.165) is 11.3 Å². The molecule has 1 atom stereocenters. The van der Waals surface area contributed by atoms with Crippen molar-refractivity contribution in [3.8, 4) is 11.5 Å². The summed E-state index contributed by atoms with van der Waals surface area (Å²) < 4.78 is 27.7. The molecule has 0 aliphatic rings. The van der Waals surface area contributed by atoms with E-state index >= 15 is 0 Å². The van der Waals surface area contributed by atoms with Crippen LogP contribution in [0.1, 0.15) is 39.6 Å². The maximum absolute atomic E-state index is 12.7. The standard InChI is InChI=1S/C29H32O7/c1-4-29(20-35-27(30)23-8-6-5-7-9-23,19-34-18-22-10-14-25(32-2)15-11-22)21-36-28(31)24-12-16-26(33-3)17-13-24/h5-17H,4,18-21H2,1-3H3. The lowest BCUT2D eigenvalue weighted by atomic mass is 9.88. The molecule has 190 valence electrons. The van der Waals surface area contributed by atoms with Crippen LogP contribution in [0.5, 0.6) is 11.5 Å². The number of methoxy groups -OCH3 is 2. The van der Waals surface area contributed by atoms with Crippen molar-refractivity contribution in [3.05, 3.63) is 95.6 Å². The number of carbonyl (C=O) groups is 2. The van der Waals surface area contributed by atoms with Crippen molar-refractivity contribution >= 4 is 11.9 Å². The third kappa shape index (κ3) is 7.58. The minimum atomic E-state index is -0.723. The molecule has 0 aromatic heterocycles. The van der Waals surface area contributed by atoms with Crippen molar-refractivity contribution in [2.45, 2.75) is 20.0 Å². The summed E-state index contributed by atoms with van der Waals surface area (Å²) >= 11 is 0. The summed E-state index contributed by atoms with van der Waals surface area (Å²) in [4.78, 5) is 25.3. The molecule has 7 heteroatoms. The van der Waals surface area contributed by atoms with Gasteiger partial charge in [0.2, 0.25) is 0 Å². The molecule has 0 bridgehead atoms. The van der Waals surface area contributed by atoms with E-state index in [1.54, 1.807) is 62.8 Å². The Kier molecular flexibility index (Phi) is 9.89. The summed E-state index contributed by atoms with van der Waals surface area (Å²) in [6.45, 7) is 2.60. The van der Waals surface area contributed by atoms with Gasteiger partial charge in [0.25, 0.3) is 0 Å². The van der Waals surface area contributed by atoms with Gasteiger partial charge in [-0.05, 0) is 60.5 Å². The largest absolute Gasteiger partial charge is 0.497 e. The number of ether oxygens (including phenoxy) is 5. The van der Waals surface area contributed by atoms with Gasteiger partial charge in [-0.1, -0.05) is 37.3 Å². The third-order valence-corrected chi connectivity index (χ3v) is 5.94. The van der Waals surface area contributed by atoms with Crippen LogP contribution < -0.4 is 9.47 Å². The maximum atomic E-state index is 12.7. The number of benzene rings is 3. The Morgan fingerprint density at radius 2 is 1.17 bits per heavy atom. The molecule has 3 rings (SSSR count). The molecule has 0 spiro atoms. The lowest BCUT2D eigenvalue weighted by Gasteiger charge is -2.31. The van der Waals surface area contributed by atoms with Crippen LogP contribution in [-0.2, 0) is 20.8 Å². The van der Waals surface area contributed by atoms with Crippen LogP contribution in [0, 0.1) is 5.41 Å². The van der Waals surface area contributed by atoms with Gasteiger partial charge in [-0.3, -0.25) is 0 Å². The summed E-state index contributed by atoms with van der Waals surface area (Å²) in [6, 6.07) is 23.0. The Morgan fingerprint density at radius 3 is 1.67 bits per heavy atom. The Hall–Kier alpha value is -3.84. The van der Waals surface area contributed by atoms with Crippen LogP contribution in [0.15, 0.2) is 78.9 Å². The molecular weight excluding hydrogens is 460 g/mol. The summed E-state index contributed by atoms with van der Waals surface area (Å²) in [5.41, 5.74) is 1.11. The van der Waals surface area contributed by atoms with Crippen LogP contribution in [0.2, 0.25) is 0 Å². The summed E-state index contributed by atoms with van der Waals surface area (Å²) in [5.74, 6) is 0.499. The summed E-state index contributed by atoms with van der Waals surface area (Å²) in [5, 5.41) is 0. The third-order valence-electron chi connectivity index (χ3n) is 5.94. The van der Waals surface area contributed by atoms with Gasteiger partial charge in [0.1, 0.15) is 24.7 Å². The lowest BCUT2D eigenvalue weighted by Crippen LogP contribution is -2.38. The highest BCUT2D eigenvalue weighted by molar-refractivity contribution is 5.90. The van der Waals surface area contributed by atoms with E-state index in [0.29, 0.717) is 29.9 Å². The molecule has 0 amide bonds. The van der Waals surface area contributed by atoms with Crippen LogP contribution >= 0.6 is 0 Å². The molecule has 0 heterocycles. The fourth-order valence-electron chi connectivity index (χ4n) is 3.44. The highest BCUT2D eigenvalue weighted by atomic mass is 16.6. The van der Waals surface area contributed by atoms with Gasteiger partial charge in [0.05, 0.1) is 44.0 Å². The predicted octanol–water partition coefficient (Wildman–Crippen LogP) is 5.33. The zero-order chi connectivity index (χ0) is 25.8. The van der Waals surface area contributed by atoms with Crippen molar-refractivity contribution in [2.24, 2.45) is 5.41 Å². The fourth-order valence-corrected chi connectivity index (χ4v) is 3.44. The van der Waals surface area contributed by atoms with Crippen molar-refractivity contribution in [1.82, 2.24) is 0 Å². The minimum absolute atomic E-state index is 0.0268. The summed E-state index contributed by atoms with van der Waals surface area (Å²) in [7, 11) is 3.18. The van der Waals surface area contributed by atoms with E-state index in [9.17, 15) is 9.59 Å². The second kappa shape index (κ2) is 13.3. The van der Waals surface area contributed by atoms with Gasteiger partial charge in [-0.25, -0.2) is 9.59 Å². The molecule has 0 aliphatic carbocycles. The second-order valence-corrected chi connectivity index (χ2v) is 8.44. The zero-order valence-corrected chi connectivity index (χ0v) is 20.9. The van der Waals surface area contributed by atoms with Crippen LogP contribution in [0.4, 0.5) is 0 Å². The SMILES string of the molecule is CCC(COCc1ccc(OC)cc1)(COC(=O)c1ccccc1)COC(=O)c1ccc(OC)cc1. The Labute approximate surface area is 211 Å². The number of hydrogen-bond donors (Lipinski definition) is 0. The molecule has 3 aromatic carbocycles. The molecule has 0 aliphatic heterocycles. The average molecular weight is 493 g/mol. The Balaban J connectivity index is 1.67. The maximum Gasteiger partial charge on any atom is 0.338 e. The molecule has 0 N–H and O–H groups in total. The Bertz CT molecular complexity index is 1090. The highest BCUT2D eigenvalue weighted by Crippen LogP contribution is 2.26. The monoisotopic (exact) mass is 492 g/mol. The van der Waals surface area contributed by atoms with Gasteiger partial charge >= 0.3 is 11.9 Å². The van der Waals surface area contributed by atoms with Gasteiger partial charge < -0.3 is 23.7 Å². The first-order valence-corrected chi connectivity index (χ1v) is 11.7. The zero-order valence-electron chi connectivity index (χ0n) is 20.9. The molecule has 0 saturated carbocycles. The molecule has 3 aromatic rings. The second-order valence-electron chi connectivity index (χ2n) is 8.44. The first-order valence-electron chi connectivity index (χ1n) is 11.7. The molecule has 1 unspecified atom stereocenters. The van der Waals surface area contributed by atoms with Crippen LogP contribution in [-0.4, -0.2) is 46.0 Å².